The normalized spacial score (nSPS) is 15.6. The fourth-order valence-corrected chi connectivity index (χ4v) is 1.97. The second-order valence-corrected chi connectivity index (χ2v) is 5.07. The molecule has 0 spiro atoms. The van der Waals surface area contributed by atoms with E-state index in [0.717, 1.165) is 12.8 Å². The Labute approximate surface area is 115 Å². The predicted octanol–water partition coefficient (Wildman–Crippen LogP) is 2.95. The molecule has 1 aromatic rings. The molecule has 4 nitrogen and oxygen atoms in total. The van der Waals surface area contributed by atoms with Crippen molar-refractivity contribution in [3.8, 4) is 5.75 Å². The molecule has 0 aromatic heterocycles. The molecule has 1 amide bonds. The molecule has 0 bridgehead atoms. The number of hydrogen-bond acceptors (Lipinski definition) is 3. The standard InChI is InChI=1S/C12H12Cl2N2O2/c1-6(15-16-12(18)7-2-3-7)9-4-8(13)5-10(14)11(9)17/h4-5,7,17H,2-3H2,1H3,(H,16,18)/b15-6+. The van der Waals surface area contributed by atoms with E-state index in [1.54, 1.807) is 13.0 Å². The molecule has 1 aromatic carbocycles. The van der Waals surface area contributed by atoms with Crippen LogP contribution in [0.5, 0.6) is 5.75 Å². The van der Waals surface area contributed by atoms with Crippen molar-refractivity contribution in [1.82, 2.24) is 5.43 Å². The van der Waals surface area contributed by atoms with Crippen LogP contribution < -0.4 is 5.43 Å². The summed E-state index contributed by atoms with van der Waals surface area (Å²) >= 11 is 11.7. The third-order valence-electron chi connectivity index (χ3n) is 2.70. The molecule has 0 unspecified atom stereocenters. The average molecular weight is 287 g/mol. The minimum Gasteiger partial charge on any atom is -0.506 e. The lowest BCUT2D eigenvalue weighted by molar-refractivity contribution is -0.122. The van der Waals surface area contributed by atoms with Gasteiger partial charge < -0.3 is 5.11 Å². The summed E-state index contributed by atoms with van der Waals surface area (Å²) in [5.41, 5.74) is 3.32. The maximum Gasteiger partial charge on any atom is 0.243 e. The number of halogens is 2. The molecule has 0 aliphatic heterocycles. The number of nitrogens with zero attached hydrogens (tertiary/aromatic N) is 1. The van der Waals surface area contributed by atoms with Gasteiger partial charge in [-0.25, -0.2) is 5.43 Å². The van der Waals surface area contributed by atoms with Crippen molar-refractivity contribution in [3.63, 3.8) is 0 Å². The van der Waals surface area contributed by atoms with Crippen LogP contribution in [-0.4, -0.2) is 16.7 Å². The number of rotatable bonds is 3. The van der Waals surface area contributed by atoms with Crippen LogP contribution in [0.1, 0.15) is 25.3 Å². The SMILES string of the molecule is C/C(=N\NC(=O)C1CC1)c1cc(Cl)cc(Cl)c1O. The molecule has 6 heteroatoms. The van der Waals surface area contributed by atoms with Crippen LogP contribution in [0.4, 0.5) is 0 Å². The first kappa shape index (κ1) is 13.2. The Morgan fingerprint density at radius 2 is 2.11 bits per heavy atom. The van der Waals surface area contributed by atoms with Gasteiger partial charge in [-0.1, -0.05) is 23.2 Å². The van der Waals surface area contributed by atoms with Crippen molar-refractivity contribution in [3.05, 3.63) is 27.7 Å². The van der Waals surface area contributed by atoms with Gasteiger partial charge in [0.25, 0.3) is 0 Å². The molecule has 1 aliphatic rings. The smallest absolute Gasteiger partial charge is 0.243 e. The summed E-state index contributed by atoms with van der Waals surface area (Å²) in [5, 5.41) is 14.3. The van der Waals surface area contributed by atoms with Gasteiger partial charge >= 0.3 is 0 Å². The van der Waals surface area contributed by atoms with E-state index in [0.29, 0.717) is 16.3 Å². The largest absolute Gasteiger partial charge is 0.506 e. The first-order chi connectivity index (χ1) is 8.49. The van der Waals surface area contributed by atoms with E-state index in [1.807, 2.05) is 0 Å². The van der Waals surface area contributed by atoms with E-state index >= 15 is 0 Å². The number of carbonyl (C=O) groups is 1. The van der Waals surface area contributed by atoms with Gasteiger partial charge in [-0.3, -0.25) is 4.79 Å². The lowest BCUT2D eigenvalue weighted by Crippen LogP contribution is -2.20. The Morgan fingerprint density at radius 1 is 1.44 bits per heavy atom. The predicted molar refractivity (Wildman–Crippen MR) is 71.2 cm³/mol. The summed E-state index contributed by atoms with van der Waals surface area (Å²) in [6, 6.07) is 2.99. The maximum absolute atomic E-state index is 11.4. The van der Waals surface area contributed by atoms with Gasteiger partial charge in [0.2, 0.25) is 5.91 Å². The lowest BCUT2D eigenvalue weighted by atomic mass is 10.1. The van der Waals surface area contributed by atoms with E-state index in [4.69, 9.17) is 23.2 Å². The topological polar surface area (TPSA) is 61.7 Å². The fraction of sp³-hybridized carbons (Fsp3) is 0.333. The Hall–Kier alpha value is -1.26. The zero-order valence-electron chi connectivity index (χ0n) is 9.70. The number of hydrazone groups is 1. The minimum absolute atomic E-state index is 0.0816. The van der Waals surface area contributed by atoms with E-state index in [9.17, 15) is 9.90 Å². The van der Waals surface area contributed by atoms with Gasteiger partial charge in [0.1, 0.15) is 5.75 Å². The molecule has 0 atom stereocenters. The Bertz CT molecular complexity index is 525. The van der Waals surface area contributed by atoms with E-state index in [-0.39, 0.29) is 22.6 Å². The fourth-order valence-electron chi connectivity index (χ4n) is 1.48. The average Bonchev–Trinajstić information content (AvgIpc) is 3.14. The summed E-state index contributed by atoms with van der Waals surface area (Å²) in [7, 11) is 0. The van der Waals surface area contributed by atoms with Crippen molar-refractivity contribution in [2.24, 2.45) is 11.0 Å². The van der Waals surface area contributed by atoms with Crippen molar-refractivity contribution < 1.29 is 9.90 Å². The highest BCUT2D eigenvalue weighted by atomic mass is 35.5. The van der Waals surface area contributed by atoms with Crippen molar-refractivity contribution in [2.45, 2.75) is 19.8 Å². The summed E-state index contributed by atoms with van der Waals surface area (Å²) < 4.78 is 0. The molecule has 0 radical (unpaired) electrons. The Kier molecular flexibility index (Phi) is 3.78. The van der Waals surface area contributed by atoms with Crippen LogP contribution in [0, 0.1) is 5.92 Å². The Balaban J connectivity index is 2.19. The van der Waals surface area contributed by atoms with Gasteiger partial charge in [-0.15, -0.1) is 0 Å². The molecule has 2 rings (SSSR count). The van der Waals surface area contributed by atoms with Crippen LogP contribution in [0.25, 0.3) is 0 Å². The highest BCUT2D eigenvalue weighted by molar-refractivity contribution is 6.36. The number of aromatic hydroxyl groups is 1. The van der Waals surface area contributed by atoms with Gasteiger partial charge in [0.05, 0.1) is 10.7 Å². The molecule has 96 valence electrons. The van der Waals surface area contributed by atoms with Crippen molar-refractivity contribution in [1.29, 1.82) is 0 Å². The summed E-state index contributed by atoms with van der Waals surface area (Å²) in [6.45, 7) is 1.66. The van der Waals surface area contributed by atoms with E-state index in [1.165, 1.54) is 6.07 Å². The summed E-state index contributed by atoms with van der Waals surface area (Å²) in [4.78, 5) is 11.4. The molecule has 2 N–H and O–H groups in total. The Morgan fingerprint density at radius 3 is 2.72 bits per heavy atom. The second kappa shape index (κ2) is 5.16. The maximum atomic E-state index is 11.4. The number of hydrogen-bond donors (Lipinski definition) is 2. The van der Waals surface area contributed by atoms with Gasteiger partial charge in [-0.05, 0) is 31.9 Å². The zero-order chi connectivity index (χ0) is 13.3. The highest BCUT2D eigenvalue weighted by Gasteiger charge is 2.29. The van der Waals surface area contributed by atoms with Crippen LogP contribution in [0.3, 0.4) is 0 Å². The van der Waals surface area contributed by atoms with Crippen LogP contribution in [0.15, 0.2) is 17.2 Å². The third-order valence-corrected chi connectivity index (χ3v) is 3.21. The lowest BCUT2D eigenvalue weighted by Gasteiger charge is -2.07. The first-order valence-electron chi connectivity index (χ1n) is 5.51. The number of amides is 1. The van der Waals surface area contributed by atoms with Crippen molar-refractivity contribution >= 4 is 34.8 Å². The molecule has 1 aliphatic carbocycles. The quantitative estimate of drug-likeness (QED) is 0.663. The number of nitrogens with one attached hydrogen (secondary N) is 1. The summed E-state index contributed by atoms with van der Waals surface area (Å²) in [5.74, 6) is -0.108. The number of benzene rings is 1. The molecule has 18 heavy (non-hydrogen) atoms. The first-order valence-corrected chi connectivity index (χ1v) is 6.27. The molecule has 0 saturated heterocycles. The van der Waals surface area contributed by atoms with Gasteiger partial charge in [0.15, 0.2) is 0 Å². The van der Waals surface area contributed by atoms with E-state index < -0.39 is 0 Å². The third kappa shape index (κ3) is 2.94. The zero-order valence-corrected chi connectivity index (χ0v) is 11.2. The van der Waals surface area contributed by atoms with Crippen LogP contribution in [-0.2, 0) is 4.79 Å². The van der Waals surface area contributed by atoms with Crippen molar-refractivity contribution in [2.75, 3.05) is 0 Å². The van der Waals surface area contributed by atoms with Crippen LogP contribution >= 0.6 is 23.2 Å². The summed E-state index contributed by atoms with van der Waals surface area (Å²) in [6.07, 6.45) is 1.82. The van der Waals surface area contributed by atoms with Gasteiger partial charge in [0, 0.05) is 16.5 Å². The molecular formula is C12H12Cl2N2O2. The number of phenols is 1. The molecular weight excluding hydrogens is 275 g/mol. The second-order valence-electron chi connectivity index (χ2n) is 4.23. The molecule has 1 saturated carbocycles. The molecule has 1 fully saturated rings. The number of phenolic OH excluding ortho intramolecular Hbond substituents is 1. The molecule has 0 heterocycles. The van der Waals surface area contributed by atoms with E-state index in [2.05, 4.69) is 10.5 Å². The number of carbonyl (C=O) groups excluding carboxylic acids is 1. The highest BCUT2D eigenvalue weighted by Crippen LogP contribution is 2.31. The van der Waals surface area contributed by atoms with Gasteiger partial charge in [-0.2, -0.15) is 5.10 Å². The minimum atomic E-state index is -0.0954. The monoisotopic (exact) mass is 286 g/mol. The van der Waals surface area contributed by atoms with Crippen LogP contribution in [0.2, 0.25) is 10.0 Å².